The first-order valence-electron chi connectivity index (χ1n) is 7.91. The minimum atomic E-state index is -0.272. The van der Waals surface area contributed by atoms with Crippen molar-refractivity contribution >= 4 is 0 Å². The lowest BCUT2D eigenvalue weighted by molar-refractivity contribution is 0.0452. The lowest BCUT2D eigenvalue weighted by Crippen LogP contribution is -2.25. The van der Waals surface area contributed by atoms with Crippen LogP contribution < -0.4 is 0 Å². The van der Waals surface area contributed by atoms with Gasteiger partial charge in [-0.25, -0.2) is 0 Å². The van der Waals surface area contributed by atoms with Crippen LogP contribution in [-0.2, 0) is 0 Å². The first-order chi connectivity index (χ1) is 9.13. The topological polar surface area (TPSA) is 20.2 Å². The maximum atomic E-state index is 10.7. The summed E-state index contributed by atoms with van der Waals surface area (Å²) >= 11 is 0. The third-order valence-electron chi connectivity index (χ3n) is 4.84. The summed E-state index contributed by atoms with van der Waals surface area (Å²) in [5.41, 5.74) is 2.46. The predicted octanol–water partition coefficient (Wildman–Crippen LogP) is 5.06. The summed E-state index contributed by atoms with van der Waals surface area (Å²) in [5.74, 6) is 1.72. The van der Waals surface area contributed by atoms with Gasteiger partial charge in [-0.2, -0.15) is 0 Å². The molecule has 3 atom stereocenters. The number of rotatable bonds is 4. The zero-order valence-corrected chi connectivity index (χ0v) is 12.6. The van der Waals surface area contributed by atoms with Crippen molar-refractivity contribution in [3.05, 3.63) is 35.4 Å². The van der Waals surface area contributed by atoms with Crippen molar-refractivity contribution in [3.8, 4) is 0 Å². The number of benzene rings is 1. The van der Waals surface area contributed by atoms with Crippen molar-refractivity contribution in [2.45, 2.75) is 64.9 Å². The van der Waals surface area contributed by atoms with Crippen LogP contribution in [0.3, 0.4) is 0 Å². The van der Waals surface area contributed by atoms with Gasteiger partial charge in [-0.1, -0.05) is 70.7 Å². The predicted molar refractivity (Wildman–Crippen MR) is 81.2 cm³/mol. The molecule has 0 heterocycles. The fourth-order valence-electron chi connectivity index (χ4n) is 3.48. The van der Waals surface area contributed by atoms with E-state index in [1.54, 1.807) is 0 Å². The highest BCUT2D eigenvalue weighted by Crippen LogP contribution is 2.40. The standard InChI is InChI=1S/C18H28O/c1-4-14-7-5-6-8-17(14)18(19)16-11-9-15(10-12-16)13(2)3/h9-14,17-19H,4-8H2,1-3H3. The molecule has 19 heavy (non-hydrogen) atoms. The van der Waals surface area contributed by atoms with Crippen molar-refractivity contribution in [2.24, 2.45) is 11.8 Å². The molecule has 3 unspecified atom stereocenters. The molecule has 0 radical (unpaired) electrons. The van der Waals surface area contributed by atoms with Crippen LogP contribution in [0.25, 0.3) is 0 Å². The zero-order chi connectivity index (χ0) is 13.8. The highest BCUT2D eigenvalue weighted by atomic mass is 16.3. The highest BCUT2D eigenvalue weighted by Gasteiger charge is 2.30. The molecule has 1 N–H and O–H groups in total. The van der Waals surface area contributed by atoms with Crippen LogP contribution in [-0.4, -0.2) is 5.11 Å². The summed E-state index contributed by atoms with van der Waals surface area (Å²) in [6, 6.07) is 8.60. The van der Waals surface area contributed by atoms with E-state index in [2.05, 4.69) is 45.0 Å². The SMILES string of the molecule is CCC1CCCCC1C(O)c1ccc(C(C)C)cc1. The van der Waals surface area contributed by atoms with Crippen molar-refractivity contribution in [1.82, 2.24) is 0 Å². The van der Waals surface area contributed by atoms with Gasteiger partial charge >= 0.3 is 0 Å². The Morgan fingerprint density at radius 3 is 2.21 bits per heavy atom. The van der Waals surface area contributed by atoms with Crippen LogP contribution in [0.15, 0.2) is 24.3 Å². The lowest BCUT2D eigenvalue weighted by atomic mass is 9.73. The summed E-state index contributed by atoms with van der Waals surface area (Å²) in [6.45, 7) is 6.68. The molecule has 1 aromatic carbocycles. The smallest absolute Gasteiger partial charge is 0.0820 e. The van der Waals surface area contributed by atoms with Crippen molar-refractivity contribution in [1.29, 1.82) is 0 Å². The van der Waals surface area contributed by atoms with Crippen molar-refractivity contribution < 1.29 is 5.11 Å². The molecule has 0 aromatic heterocycles. The minimum absolute atomic E-state index is 0.272. The van der Waals surface area contributed by atoms with Crippen LogP contribution in [0.2, 0.25) is 0 Å². The molecule has 0 bridgehead atoms. The molecule has 0 amide bonds. The van der Waals surface area contributed by atoms with Gasteiger partial charge < -0.3 is 5.11 Å². The third kappa shape index (κ3) is 3.39. The first-order valence-corrected chi connectivity index (χ1v) is 7.91. The number of hydrogen-bond donors (Lipinski definition) is 1. The molecule has 1 heteroatoms. The average molecular weight is 260 g/mol. The molecule has 1 fully saturated rings. The number of hydrogen-bond acceptors (Lipinski definition) is 1. The van der Waals surface area contributed by atoms with Gasteiger partial charge in [0.15, 0.2) is 0 Å². The Balaban J connectivity index is 2.11. The van der Waals surface area contributed by atoms with Crippen molar-refractivity contribution in [3.63, 3.8) is 0 Å². The quantitative estimate of drug-likeness (QED) is 0.802. The molecular weight excluding hydrogens is 232 g/mol. The molecule has 0 saturated heterocycles. The summed E-state index contributed by atoms with van der Waals surface area (Å²) < 4.78 is 0. The van der Waals surface area contributed by atoms with Gasteiger partial charge in [0, 0.05) is 0 Å². The number of aliphatic hydroxyl groups is 1. The van der Waals surface area contributed by atoms with Gasteiger partial charge in [0.2, 0.25) is 0 Å². The average Bonchev–Trinajstić information content (AvgIpc) is 2.46. The fraction of sp³-hybridized carbons (Fsp3) is 0.667. The molecule has 1 aliphatic carbocycles. The fourth-order valence-corrected chi connectivity index (χ4v) is 3.48. The Bertz CT molecular complexity index is 379. The van der Waals surface area contributed by atoms with E-state index in [1.807, 2.05) is 0 Å². The second-order valence-electron chi connectivity index (χ2n) is 6.38. The van der Waals surface area contributed by atoms with Gasteiger partial charge in [0.25, 0.3) is 0 Å². The highest BCUT2D eigenvalue weighted by molar-refractivity contribution is 5.26. The maximum Gasteiger partial charge on any atom is 0.0820 e. The van der Waals surface area contributed by atoms with Crippen LogP contribution in [0, 0.1) is 11.8 Å². The summed E-state index contributed by atoms with van der Waals surface area (Å²) in [5, 5.41) is 10.7. The van der Waals surface area contributed by atoms with E-state index in [4.69, 9.17) is 0 Å². The molecule has 1 aliphatic rings. The second-order valence-corrected chi connectivity index (χ2v) is 6.38. The van der Waals surface area contributed by atoms with Gasteiger partial charge in [-0.3, -0.25) is 0 Å². The van der Waals surface area contributed by atoms with E-state index in [1.165, 1.54) is 37.7 Å². The van der Waals surface area contributed by atoms with E-state index in [-0.39, 0.29) is 6.10 Å². The van der Waals surface area contributed by atoms with Crippen LogP contribution in [0.1, 0.15) is 76.0 Å². The third-order valence-corrected chi connectivity index (χ3v) is 4.84. The van der Waals surface area contributed by atoms with Crippen molar-refractivity contribution in [2.75, 3.05) is 0 Å². The van der Waals surface area contributed by atoms with Crippen LogP contribution in [0.4, 0.5) is 0 Å². The van der Waals surface area contributed by atoms with Gasteiger partial charge in [-0.15, -0.1) is 0 Å². The van der Waals surface area contributed by atoms with Gasteiger partial charge in [0.05, 0.1) is 6.10 Å². The van der Waals surface area contributed by atoms with E-state index in [0.717, 1.165) is 5.56 Å². The first kappa shape index (κ1) is 14.6. The summed E-state index contributed by atoms with van der Waals surface area (Å²) in [6.07, 6.45) is 6.03. The maximum absolute atomic E-state index is 10.7. The lowest BCUT2D eigenvalue weighted by Gasteiger charge is -2.34. The molecule has 1 saturated carbocycles. The minimum Gasteiger partial charge on any atom is -0.388 e. The van der Waals surface area contributed by atoms with E-state index >= 15 is 0 Å². The molecule has 1 aromatic rings. The zero-order valence-electron chi connectivity index (χ0n) is 12.6. The van der Waals surface area contributed by atoms with Gasteiger partial charge in [0.1, 0.15) is 0 Å². The molecular formula is C18H28O. The van der Waals surface area contributed by atoms with E-state index in [9.17, 15) is 5.11 Å². The molecule has 2 rings (SSSR count). The largest absolute Gasteiger partial charge is 0.388 e. The molecule has 0 spiro atoms. The second kappa shape index (κ2) is 6.56. The normalized spacial score (nSPS) is 25.5. The monoisotopic (exact) mass is 260 g/mol. The Hall–Kier alpha value is -0.820. The summed E-state index contributed by atoms with van der Waals surface area (Å²) in [7, 11) is 0. The van der Waals surface area contributed by atoms with E-state index < -0.39 is 0 Å². The summed E-state index contributed by atoms with van der Waals surface area (Å²) in [4.78, 5) is 0. The van der Waals surface area contributed by atoms with Crippen LogP contribution in [0.5, 0.6) is 0 Å². The Kier molecular flexibility index (Phi) is 5.04. The van der Waals surface area contributed by atoms with E-state index in [0.29, 0.717) is 17.8 Å². The van der Waals surface area contributed by atoms with Gasteiger partial charge in [-0.05, 0) is 35.3 Å². The Labute approximate surface area is 118 Å². The number of aliphatic hydroxyl groups excluding tert-OH is 1. The molecule has 0 aliphatic heterocycles. The molecule has 1 nitrogen and oxygen atoms in total. The Morgan fingerprint density at radius 1 is 1.05 bits per heavy atom. The Morgan fingerprint density at radius 2 is 1.63 bits per heavy atom. The molecule has 106 valence electrons. The van der Waals surface area contributed by atoms with Crippen LogP contribution >= 0.6 is 0 Å².